The van der Waals surface area contributed by atoms with E-state index in [1.165, 1.54) is 0 Å². The lowest BCUT2D eigenvalue weighted by molar-refractivity contribution is -0.162. The summed E-state index contributed by atoms with van der Waals surface area (Å²) in [6.45, 7) is -1.75. The summed E-state index contributed by atoms with van der Waals surface area (Å²) in [6, 6.07) is 0. The summed E-state index contributed by atoms with van der Waals surface area (Å²) in [5.74, 6) is -1.40. The summed E-state index contributed by atoms with van der Waals surface area (Å²) >= 11 is 0. The lowest BCUT2D eigenvalue weighted by atomic mass is 10.3. The van der Waals surface area contributed by atoms with Gasteiger partial charge in [-0.25, -0.2) is 0 Å². The molecule has 5 nitrogen and oxygen atoms in total. The van der Waals surface area contributed by atoms with Gasteiger partial charge in [-0.1, -0.05) is 0 Å². The monoisotopic (exact) mass is 256 g/mol. The van der Waals surface area contributed by atoms with Gasteiger partial charge < -0.3 is 15.4 Å². The van der Waals surface area contributed by atoms with Gasteiger partial charge in [-0.3, -0.25) is 9.59 Å². The molecule has 0 radical (unpaired) electrons. The third kappa shape index (κ3) is 7.56. The van der Waals surface area contributed by atoms with Crippen molar-refractivity contribution in [2.24, 2.45) is 5.73 Å². The van der Waals surface area contributed by atoms with Crippen LogP contribution in [0.1, 0.15) is 12.8 Å². The summed E-state index contributed by atoms with van der Waals surface area (Å²) in [5.41, 5.74) is 5.09. The summed E-state index contributed by atoms with van der Waals surface area (Å²) in [5, 5.41) is 0. The number of amides is 1. The number of hydrogen-bond acceptors (Lipinski definition) is 4. The van der Waals surface area contributed by atoms with Crippen LogP contribution in [0.4, 0.5) is 13.2 Å². The Labute approximate surface area is 96.7 Å². The normalized spacial score (nSPS) is 11.1. The van der Waals surface area contributed by atoms with Crippen LogP contribution >= 0.6 is 0 Å². The Bertz CT molecular complexity index is 269. The smallest absolute Gasteiger partial charge is 0.406 e. The zero-order valence-corrected chi connectivity index (χ0v) is 9.42. The van der Waals surface area contributed by atoms with Gasteiger partial charge in [0.05, 0.1) is 13.5 Å². The molecule has 0 aliphatic carbocycles. The summed E-state index contributed by atoms with van der Waals surface area (Å²) < 4.78 is 40.8. The molecule has 1 amide bonds. The molecule has 0 atom stereocenters. The van der Waals surface area contributed by atoms with E-state index in [9.17, 15) is 22.8 Å². The molecule has 0 saturated carbocycles. The minimum absolute atomic E-state index is 0.0363. The quantitative estimate of drug-likeness (QED) is 0.693. The SMILES string of the molecule is COC(=O)CCN(CC(F)(F)F)C(=O)CCN. The van der Waals surface area contributed by atoms with Gasteiger partial charge in [0.2, 0.25) is 5.91 Å². The minimum atomic E-state index is -4.50. The van der Waals surface area contributed by atoms with Crippen LogP contribution in [-0.4, -0.2) is 49.7 Å². The lowest BCUT2D eigenvalue weighted by Crippen LogP contribution is -2.40. The maximum Gasteiger partial charge on any atom is 0.406 e. The van der Waals surface area contributed by atoms with E-state index in [2.05, 4.69) is 4.74 Å². The number of halogens is 3. The number of rotatable bonds is 6. The highest BCUT2D eigenvalue weighted by Crippen LogP contribution is 2.17. The highest BCUT2D eigenvalue weighted by atomic mass is 19.4. The molecule has 0 spiro atoms. The number of nitrogens with two attached hydrogens (primary N) is 1. The molecular formula is C9H15F3N2O3. The van der Waals surface area contributed by atoms with E-state index in [0.29, 0.717) is 4.90 Å². The van der Waals surface area contributed by atoms with E-state index >= 15 is 0 Å². The van der Waals surface area contributed by atoms with Gasteiger partial charge in [-0.2, -0.15) is 13.2 Å². The fraction of sp³-hybridized carbons (Fsp3) is 0.778. The van der Waals surface area contributed by atoms with Crippen molar-refractivity contribution in [2.45, 2.75) is 19.0 Å². The molecule has 8 heteroatoms. The Balaban J connectivity index is 4.40. The lowest BCUT2D eigenvalue weighted by Gasteiger charge is -2.23. The first-order valence-electron chi connectivity index (χ1n) is 4.91. The number of alkyl halides is 3. The van der Waals surface area contributed by atoms with Gasteiger partial charge >= 0.3 is 12.1 Å². The first-order chi connectivity index (χ1) is 7.80. The van der Waals surface area contributed by atoms with Crippen molar-refractivity contribution >= 4 is 11.9 Å². The maximum absolute atomic E-state index is 12.2. The second-order valence-electron chi connectivity index (χ2n) is 3.30. The molecule has 0 bridgehead atoms. The Morgan fingerprint density at radius 1 is 1.29 bits per heavy atom. The third-order valence-corrected chi connectivity index (χ3v) is 1.89. The average Bonchev–Trinajstić information content (AvgIpc) is 2.22. The Morgan fingerprint density at radius 3 is 2.29 bits per heavy atom. The predicted molar refractivity (Wildman–Crippen MR) is 52.9 cm³/mol. The standard InChI is InChI=1S/C9H15F3N2O3/c1-17-8(16)3-5-14(6-9(10,11)12)7(15)2-4-13/h2-6,13H2,1H3. The number of ether oxygens (including phenoxy) is 1. The molecule has 0 fully saturated rings. The molecule has 17 heavy (non-hydrogen) atoms. The molecule has 0 unspecified atom stereocenters. The van der Waals surface area contributed by atoms with Crippen molar-refractivity contribution in [3.63, 3.8) is 0 Å². The number of hydrogen-bond donors (Lipinski definition) is 1. The van der Waals surface area contributed by atoms with E-state index in [0.717, 1.165) is 7.11 Å². The van der Waals surface area contributed by atoms with Crippen molar-refractivity contribution in [3.05, 3.63) is 0 Å². The van der Waals surface area contributed by atoms with Crippen molar-refractivity contribution in [3.8, 4) is 0 Å². The molecule has 0 heterocycles. The van der Waals surface area contributed by atoms with Gasteiger partial charge in [-0.15, -0.1) is 0 Å². The van der Waals surface area contributed by atoms with E-state index in [4.69, 9.17) is 5.73 Å². The fourth-order valence-corrected chi connectivity index (χ4v) is 1.12. The van der Waals surface area contributed by atoms with Crippen LogP contribution in [0.2, 0.25) is 0 Å². The van der Waals surface area contributed by atoms with Gasteiger partial charge in [0.1, 0.15) is 6.54 Å². The van der Waals surface area contributed by atoms with Crippen LogP contribution in [0.3, 0.4) is 0 Å². The van der Waals surface area contributed by atoms with E-state index < -0.39 is 24.6 Å². The van der Waals surface area contributed by atoms with Crippen LogP contribution in [0, 0.1) is 0 Å². The molecule has 0 aromatic heterocycles. The summed E-state index contributed by atoms with van der Waals surface area (Å²) in [7, 11) is 1.12. The van der Waals surface area contributed by atoms with Crippen molar-refractivity contribution in [2.75, 3.05) is 26.7 Å². The van der Waals surface area contributed by atoms with Gasteiger partial charge in [0, 0.05) is 19.5 Å². The molecule has 0 aliphatic rings. The molecule has 0 rings (SSSR count). The van der Waals surface area contributed by atoms with E-state index in [-0.39, 0.29) is 25.9 Å². The Morgan fingerprint density at radius 2 is 1.88 bits per heavy atom. The second-order valence-corrected chi connectivity index (χ2v) is 3.30. The highest BCUT2D eigenvalue weighted by Gasteiger charge is 2.32. The van der Waals surface area contributed by atoms with E-state index in [1.807, 2.05) is 0 Å². The largest absolute Gasteiger partial charge is 0.469 e. The molecular weight excluding hydrogens is 241 g/mol. The fourth-order valence-electron chi connectivity index (χ4n) is 1.12. The molecule has 0 saturated heterocycles. The zero-order valence-electron chi connectivity index (χ0n) is 9.42. The molecule has 0 aliphatic heterocycles. The van der Waals surface area contributed by atoms with Crippen LogP contribution < -0.4 is 5.73 Å². The number of methoxy groups -OCH3 is 1. The topological polar surface area (TPSA) is 72.6 Å². The Hall–Kier alpha value is -1.31. The third-order valence-electron chi connectivity index (χ3n) is 1.89. The van der Waals surface area contributed by atoms with Crippen molar-refractivity contribution in [1.29, 1.82) is 0 Å². The van der Waals surface area contributed by atoms with E-state index in [1.54, 1.807) is 0 Å². The number of nitrogens with zero attached hydrogens (tertiary/aromatic N) is 1. The first kappa shape index (κ1) is 15.7. The average molecular weight is 256 g/mol. The number of carbonyl (C=O) groups is 2. The number of carbonyl (C=O) groups excluding carboxylic acids is 2. The highest BCUT2D eigenvalue weighted by molar-refractivity contribution is 5.77. The van der Waals surface area contributed by atoms with Gasteiger partial charge in [0.25, 0.3) is 0 Å². The number of esters is 1. The second kappa shape index (κ2) is 7.10. The summed E-state index contributed by atoms with van der Waals surface area (Å²) in [6.07, 6.45) is -4.96. The zero-order chi connectivity index (χ0) is 13.5. The molecule has 0 aromatic rings. The Kier molecular flexibility index (Phi) is 6.55. The van der Waals surface area contributed by atoms with Crippen LogP contribution in [0.15, 0.2) is 0 Å². The maximum atomic E-state index is 12.2. The minimum Gasteiger partial charge on any atom is -0.469 e. The van der Waals surface area contributed by atoms with Crippen LogP contribution in [0.25, 0.3) is 0 Å². The van der Waals surface area contributed by atoms with Crippen molar-refractivity contribution in [1.82, 2.24) is 4.90 Å². The molecule has 100 valence electrons. The molecule has 0 aromatic carbocycles. The summed E-state index contributed by atoms with van der Waals surface area (Å²) in [4.78, 5) is 22.7. The van der Waals surface area contributed by atoms with Gasteiger partial charge in [0.15, 0.2) is 0 Å². The molecule has 2 N–H and O–H groups in total. The van der Waals surface area contributed by atoms with Crippen LogP contribution in [-0.2, 0) is 14.3 Å². The predicted octanol–water partition coefficient (Wildman–Crippen LogP) is 0.289. The first-order valence-corrected chi connectivity index (χ1v) is 4.91. The van der Waals surface area contributed by atoms with Crippen molar-refractivity contribution < 1.29 is 27.5 Å². The van der Waals surface area contributed by atoms with Crippen LogP contribution in [0.5, 0.6) is 0 Å². The van der Waals surface area contributed by atoms with Gasteiger partial charge in [-0.05, 0) is 0 Å².